The van der Waals surface area contributed by atoms with E-state index in [4.69, 9.17) is 0 Å². The molecule has 1 aromatic heterocycles. The van der Waals surface area contributed by atoms with E-state index in [9.17, 15) is 14.9 Å². The second-order valence-electron chi connectivity index (χ2n) is 5.55. The Morgan fingerprint density at radius 3 is 2.48 bits per heavy atom. The van der Waals surface area contributed by atoms with Crippen LogP contribution in [-0.2, 0) is 0 Å². The van der Waals surface area contributed by atoms with Crippen molar-refractivity contribution < 1.29 is 9.72 Å². The normalized spacial score (nSPS) is 11.7. The lowest BCUT2D eigenvalue weighted by Crippen LogP contribution is -2.12. The van der Waals surface area contributed by atoms with Crippen molar-refractivity contribution in [1.82, 2.24) is 0 Å². The summed E-state index contributed by atoms with van der Waals surface area (Å²) in [5.74, 6) is -0.201. The minimum absolute atomic E-state index is 0.106. The average molecular weight is 352 g/mol. The van der Waals surface area contributed by atoms with Crippen molar-refractivity contribution in [2.45, 2.75) is 13.0 Å². The van der Waals surface area contributed by atoms with Crippen LogP contribution in [0.3, 0.4) is 0 Å². The maximum absolute atomic E-state index is 11.5. The Kier molecular flexibility index (Phi) is 4.90. The number of hydrogen-bond donors (Lipinski definition) is 1. The summed E-state index contributed by atoms with van der Waals surface area (Å²) in [4.78, 5) is 23.6. The Labute approximate surface area is 149 Å². The first-order valence-electron chi connectivity index (χ1n) is 7.70. The lowest BCUT2D eigenvalue weighted by molar-refractivity contribution is -0.384. The molecule has 0 radical (unpaired) electrons. The largest absolute Gasteiger partial charge is 0.368 e. The molecule has 0 amide bonds. The van der Waals surface area contributed by atoms with Crippen LogP contribution in [0.5, 0.6) is 0 Å². The van der Waals surface area contributed by atoms with Crippen molar-refractivity contribution in [3.63, 3.8) is 0 Å². The van der Waals surface area contributed by atoms with Crippen molar-refractivity contribution >= 4 is 28.5 Å². The van der Waals surface area contributed by atoms with Gasteiger partial charge in [0, 0.05) is 16.5 Å². The molecule has 25 heavy (non-hydrogen) atoms. The molecule has 0 aliphatic rings. The molecule has 1 heterocycles. The van der Waals surface area contributed by atoms with Crippen LogP contribution in [0.1, 0.15) is 33.8 Å². The molecule has 0 aliphatic heterocycles. The van der Waals surface area contributed by atoms with E-state index in [1.165, 1.54) is 13.0 Å². The average Bonchev–Trinajstić information content (AvgIpc) is 3.14. The Balaban J connectivity index is 2.03. The molecule has 0 fully saturated rings. The second kappa shape index (κ2) is 7.27. The zero-order valence-electron chi connectivity index (χ0n) is 13.5. The molecule has 5 nitrogen and oxygen atoms in total. The molecule has 0 spiro atoms. The number of thiophene rings is 1. The number of Topliss-reactive ketones (excluding diaryl/α,β-unsaturated/α-hetero) is 1. The topological polar surface area (TPSA) is 72.2 Å². The molecule has 0 aliphatic carbocycles. The number of ketones is 1. The summed E-state index contributed by atoms with van der Waals surface area (Å²) in [7, 11) is 0. The molecule has 6 heteroatoms. The van der Waals surface area contributed by atoms with E-state index in [1.807, 2.05) is 47.8 Å². The maximum atomic E-state index is 11.5. The first kappa shape index (κ1) is 16.9. The van der Waals surface area contributed by atoms with E-state index in [0.717, 1.165) is 10.4 Å². The van der Waals surface area contributed by atoms with E-state index in [0.29, 0.717) is 11.3 Å². The molecule has 3 rings (SSSR count). The summed E-state index contributed by atoms with van der Waals surface area (Å²) in [5.41, 5.74) is 1.61. The van der Waals surface area contributed by atoms with E-state index in [1.54, 1.807) is 23.5 Å². The minimum atomic E-state index is -0.467. The van der Waals surface area contributed by atoms with Crippen LogP contribution in [-0.4, -0.2) is 10.7 Å². The highest BCUT2D eigenvalue weighted by molar-refractivity contribution is 7.10. The zero-order chi connectivity index (χ0) is 17.8. The van der Waals surface area contributed by atoms with Crippen molar-refractivity contribution in [1.29, 1.82) is 0 Å². The number of nitrogens with zero attached hydrogens (tertiary/aromatic N) is 1. The Bertz CT molecular complexity index is 892. The molecule has 1 atom stereocenters. The van der Waals surface area contributed by atoms with Crippen LogP contribution in [0.15, 0.2) is 66.0 Å². The highest BCUT2D eigenvalue weighted by Crippen LogP contribution is 2.34. The van der Waals surface area contributed by atoms with Gasteiger partial charge < -0.3 is 5.32 Å². The van der Waals surface area contributed by atoms with Gasteiger partial charge in [-0.3, -0.25) is 14.9 Å². The third-order valence-corrected chi connectivity index (χ3v) is 4.80. The zero-order valence-corrected chi connectivity index (χ0v) is 14.3. The SMILES string of the molecule is CC(=O)c1ccc(N[C@@H](c2ccccc2)c2cccs2)c([N+](=O)[O-])c1. The van der Waals surface area contributed by atoms with Crippen LogP contribution in [0, 0.1) is 10.1 Å². The summed E-state index contributed by atoms with van der Waals surface area (Å²) in [6, 6.07) is 18.0. The molecule has 0 saturated carbocycles. The maximum Gasteiger partial charge on any atom is 0.293 e. The number of carbonyl (C=O) groups is 1. The highest BCUT2D eigenvalue weighted by atomic mass is 32.1. The van der Waals surface area contributed by atoms with Crippen LogP contribution in [0.4, 0.5) is 11.4 Å². The lowest BCUT2D eigenvalue weighted by atomic mass is 10.0. The van der Waals surface area contributed by atoms with Gasteiger partial charge in [0.05, 0.1) is 11.0 Å². The predicted molar refractivity (Wildman–Crippen MR) is 99.3 cm³/mol. The van der Waals surface area contributed by atoms with E-state index >= 15 is 0 Å². The third kappa shape index (κ3) is 3.75. The first-order chi connectivity index (χ1) is 12.1. The monoisotopic (exact) mass is 352 g/mol. The van der Waals surface area contributed by atoms with Gasteiger partial charge in [0.15, 0.2) is 5.78 Å². The van der Waals surface area contributed by atoms with E-state index in [2.05, 4.69) is 5.32 Å². The molecule has 1 N–H and O–H groups in total. The van der Waals surface area contributed by atoms with Gasteiger partial charge in [-0.05, 0) is 36.1 Å². The minimum Gasteiger partial charge on any atom is -0.368 e. The van der Waals surface area contributed by atoms with E-state index < -0.39 is 4.92 Å². The number of nitro groups is 1. The fourth-order valence-corrected chi connectivity index (χ4v) is 3.40. The molecule has 2 aromatic carbocycles. The Morgan fingerprint density at radius 2 is 1.88 bits per heavy atom. The quantitative estimate of drug-likeness (QED) is 0.382. The number of rotatable bonds is 6. The van der Waals surface area contributed by atoms with Crippen LogP contribution in [0.2, 0.25) is 0 Å². The predicted octanol–water partition coefficient (Wildman–Crippen LogP) is 5.06. The number of nitro benzene ring substituents is 1. The number of benzene rings is 2. The molecule has 126 valence electrons. The first-order valence-corrected chi connectivity index (χ1v) is 8.58. The summed E-state index contributed by atoms with van der Waals surface area (Å²) >= 11 is 1.58. The Morgan fingerprint density at radius 1 is 1.12 bits per heavy atom. The number of anilines is 1. The van der Waals surface area contributed by atoms with Gasteiger partial charge >= 0.3 is 0 Å². The molecular formula is C19H16N2O3S. The van der Waals surface area contributed by atoms with Crippen LogP contribution < -0.4 is 5.32 Å². The molecule has 0 saturated heterocycles. The summed E-state index contributed by atoms with van der Waals surface area (Å²) in [6.45, 7) is 1.39. The van der Waals surface area contributed by atoms with E-state index in [-0.39, 0.29) is 17.5 Å². The summed E-state index contributed by atoms with van der Waals surface area (Å²) in [6.07, 6.45) is 0. The van der Waals surface area contributed by atoms with Gasteiger partial charge in [0.1, 0.15) is 5.69 Å². The number of hydrogen-bond acceptors (Lipinski definition) is 5. The molecule has 3 aromatic rings. The molecule has 0 bridgehead atoms. The van der Waals surface area contributed by atoms with Gasteiger partial charge in [-0.2, -0.15) is 0 Å². The van der Waals surface area contributed by atoms with Gasteiger partial charge in [0.2, 0.25) is 0 Å². The van der Waals surface area contributed by atoms with Crippen molar-refractivity contribution in [2.24, 2.45) is 0 Å². The van der Waals surface area contributed by atoms with Crippen molar-refractivity contribution in [2.75, 3.05) is 5.32 Å². The van der Waals surface area contributed by atoms with Crippen molar-refractivity contribution in [3.05, 3.63) is 92.2 Å². The number of nitrogens with one attached hydrogen (secondary N) is 1. The number of carbonyl (C=O) groups excluding carboxylic acids is 1. The molecular weight excluding hydrogens is 336 g/mol. The summed E-state index contributed by atoms with van der Waals surface area (Å²) < 4.78 is 0. The van der Waals surface area contributed by atoms with Gasteiger partial charge in [-0.25, -0.2) is 0 Å². The summed E-state index contributed by atoms with van der Waals surface area (Å²) in [5, 5.41) is 16.7. The third-order valence-electron chi connectivity index (χ3n) is 3.86. The Hall–Kier alpha value is -2.99. The second-order valence-corrected chi connectivity index (χ2v) is 6.53. The lowest BCUT2D eigenvalue weighted by Gasteiger charge is -2.19. The van der Waals surface area contributed by atoms with Crippen LogP contribution in [0.25, 0.3) is 0 Å². The van der Waals surface area contributed by atoms with Gasteiger partial charge in [-0.1, -0.05) is 36.4 Å². The fraction of sp³-hybridized carbons (Fsp3) is 0.105. The van der Waals surface area contributed by atoms with Crippen molar-refractivity contribution in [3.8, 4) is 0 Å². The smallest absolute Gasteiger partial charge is 0.293 e. The van der Waals surface area contributed by atoms with Gasteiger partial charge in [-0.15, -0.1) is 11.3 Å². The van der Waals surface area contributed by atoms with Gasteiger partial charge in [0.25, 0.3) is 5.69 Å². The molecule has 0 unspecified atom stereocenters. The standard InChI is InChI=1S/C19H16N2O3S/c1-13(22)15-9-10-16(17(12-15)21(23)24)20-19(18-8-5-11-25-18)14-6-3-2-4-7-14/h2-12,19-20H,1H3/t19-/m0/s1. The fourth-order valence-electron chi connectivity index (χ4n) is 2.60. The van der Waals surface area contributed by atoms with Crippen LogP contribution >= 0.6 is 11.3 Å². The highest BCUT2D eigenvalue weighted by Gasteiger charge is 2.21.